The van der Waals surface area contributed by atoms with Crippen molar-refractivity contribution in [2.75, 3.05) is 7.11 Å². The lowest BCUT2D eigenvalue weighted by Gasteiger charge is -2.07. The molecule has 1 N–H and O–H groups in total. The summed E-state index contributed by atoms with van der Waals surface area (Å²) in [6, 6.07) is 1.82. The number of hydrogen-bond acceptors (Lipinski definition) is 3. The second-order valence-electron chi connectivity index (χ2n) is 3.22. The molecule has 0 saturated heterocycles. The Morgan fingerprint density at radius 1 is 1.62 bits per heavy atom. The summed E-state index contributed by atoms with van der Waals surface area (Å²) in [6.07, 6.45) is 0. The Labute approximate surface area is 83.2 Å². The summed E-state index contributed by atoms with van der Waals surface area (Å²) < 4.78 is 5.63. The van der Waals surface area contributed by atoms with Crippen molar-refractivity contribution >= 4 is 12.2 Å². The highest BCUT2D eigenvalue weighted by Gasteiger charge is 2.02. The van der Waals surface area contributed by atoms with Crippen LogP contribution in [0.25, 0.3) is 0 Å². The molecule has 0 atom stereocenters. The maximum atomic E-state index is 5.03. The average molecular weight is 198 g/mol. The summed E-state index contributed by atoms with van der Waals surface area (Å²) in [7, 11) is 1.66. The average Bonchev–Trinajstić information content (AvgIpc) is 2.03. The lowest BCUT2D eigenvalue weighted by atomic mass is 10.2. The second-order valence-corrected chi connectivity index (χ2v) is 3.64. The maximum Gasteiger partial charge on any atom is 0.130 e. The van der Waals surface area contributed by atoms with E-state index in [9.17, 15) is 0 Å². The minimum atomic E-state index is 0.360. The van der Waals surface area contributed by atoms with Gasteiger partial charge >= 0.3 is 0 Å². The molecule has 3 nitrogen and oxygen atoms in total. The van der Waals surface area contributed by atoms with Gasteiger partial charge in [-0.2, -0.15) is 0 Å². The van der Waals surface area contributed by atoms with Gasteiger partial charge in [0.2, 0.25) is 0 Å². The molecule has 0 fully saturated rings. The fourth-order valence-electron chi connectivity index (χ4n) is 1.04. The molecule has 1 aromatic heterocycles. The SMILES string of the molecule is COCc1cc(=S)nc(C(C)C)[nH]1. The van der Waals surface area contributed by atoms with Crippen LogP contribution in [0, 0.1) is 4.64 Å². The molecule has 0 aliphatic rings. The van der Waals surface area contributed by atoms with Crippen molar-refractivity contribution in [2.24, 2.45) is 0 Å². The summed E-state index contributed by atoms with van der Waals surface area (Å²) in [5.41, 5.74) is 0.978. The highest BCUT2D eigenvalue weighted by molar-refractivity contribution is 7.71. The maximum absolute atomic E-state index is 5.03. The molecular formula is C9H14N2OS. The van der Waals surface area contributed by atoms with Gasteiger partial charge in [-0.05, 0) is 6.07 Å². The van der Waals surface area contributed by atoms with E-state index < -0.39 is 0 Å². The van der Waals surface area contributed by atoms with Gasteiger partial charge in [-0.25, -0.2) is 4.98 Å². The van der Waals surface area contributed by atoms with E-state index in [1.807, 2.05) is 6.07 Å². The Kier molecular flexibility index (Phi) is 3.57. The summed E-state index contributed by atoms with van der Waals surface area (Å²) in [4.78, 5) is 7.40. The lowest BCUT2D eigenvalue weighted by molar-refractivity contribution is 0.181. The van der Waals surface area contributed by atoms with Gasteiger partial charge in [-0.3, -0.25) is 0 Å². The Morgan fingerprint density at radius 2 is 2.31 bits per heavy atom. The Morgan fingerprint density at radius 3 is 2.85 bits per heavy atom. The predicted molar refractivity (Wildman–Crippen MR) is 54.2 cm³/mol. The topological polar surface area (TPSA) is 37.9 Å². The van der Waals surface area contributed by atoms with Gasteiger partial charge in [0.25, 0.3) is 0 Å². The first kappa shape index (κ1) is 10.3. The van der Waals surface area contributed by atoms with E-state index in [1.54, 1.807) is 7.11 Å². The largest absolute Gasteiger partial charge is 0.378 e. The molecule has 72 valence electrons. The van der Waals surface area contributed by atoms with Crippen LogP contribution < -0.4 is 0 Å². The van der Waals surface area contributed by atoms with E-state index in [2.05, 4.69) is 23.8 Å². The van der Waals surface area contributed by atoms with Crippen LogP contribution in [0.15, 0.2) is 6.07 Å². The van der Waals surface area contributed by atoms with Crippen LogP contribution in [0.2, 0.25) is 0 Å². The van der Waals surface area contributed by atoms with Crippen LogP contribution in [0.1, 0.15) is 31.3 Å². The molecule has 4 heteroatoms. The minimum absolute atomic E-state index is 0.360. The van der Waals surface area contributed by atoms with Crippen molar-refractivity contribution in [2.45, 2.75) is 26.4 Å². The van der Waals surface area contributed by atoms with Gasteiger partial charge in [0, 0.05) is 18.7 Å². The molecule has 0 radical (unpaired) electrons. The molecule has 1 rings (SSSR count). The molecule has 13 heavy (non-hydrogen) atoms. The smallest absolute Gasteiger partial charge is 0.130 e. The number of hydrogen-bond donors (Lipinski definition) is 1. The summed E-state index contributed by atoms with van der Waals surface area (Å²) in [5, 5.41) is 0. The molecule has 0 saturated carbocycles. The number of nitrogens with one attached hydrogen (secondary N) is 1. The third-order valence-corrected chi connectivity index (χ3v) is 1.87. The van der Waals surface area contributed by atoms with Crippen LogP contribution in [0.3, 0.4) is 0 Å². The summed E-state index contributed by atoms with van der Waals surface area (Å²) in [5.74, 6) is 1.28. The molecule has 0 aromatic carbocycles. The second kappa shape index (κ2) is 4.48. The first-order valence-electron chi connectivity index (χ1n) is 4.22. The van der Waals surface area contributed by atoms with Gasteiger partial charge in [-0.15, -0.1) is 0 Å². The van der Waals surface area contributed by atoms with Crippen molar-refractivity contribution in [3.63, 3.8) is 0 Å². The highest BCUT2D eigenvalue weighted by Crippen LogP contribution is 2.09. The van der Waals surface area contributed by atoms with Crippen LogP contribution in [0.5, 0.6) is 0 Å². The molecule has 0 amide bonds. The van der Waals surface area contributed by atoms with Crippen molar-refractivity contribution in [3.05, 3.63) is 22.2 Å². The molecular weight excluding hydrogens is 184 g/mol. The molecule has 1 aromatic rings. The minimum Gasteiger partial charge on any atom is -0.378 e. The zero-order valence-corrected chi connectivity index (χ0v) is 8.94. The van der Waals surface area contributed by atoms with Gasteiger partial charge in [0.15, 0.2) is 0 Å². The third kappa shape index (κ3) is 2.90. The van der Waals surface area contributed by atoms with E-state index in [0.29, 0.717) is 17.2 Å². The number of nitrogens with zero attached hydrogens (tertiary/aromatic N) is 1. The molecule has 0 unspecified atom stereocenters. The fraction of sp³-hybridized carbons (Fsp3) is 0.556. The number of ether oxygens (including phenoxy) is 1. The van der Waals surface area contributed by atoms with Crippen molar-refractivity contribution in [1.29, 1.82) is 0 Å². The van der Waals surface area contributed by atoms with Crippen LogP contribution in [-0.4, -0.2) is 17.1 Å². The number of H-pyrrole nitrogens is 1. The lowest BCUT2D eigenvalue weighted by Crippen LogP contribution is -2.02. The third-order valence-electron chi connectivity index (χ3n) is 1.66. The number of methoxy groups -OCH3 is 1. The van der Waals surface area contributed by atoms with E-state index in [0.717, 1.165) is 11.5 Å². The Balaban J connectivity index is 3.04. The standard InChI is InChI=1S/C9H14N2OS/c1-6(2)9-10-7(5-12-3)4-8(13)11-9/h4,6H,5H2,1-3H3,(H,10,11,13). The summed E-state index contributed by atoms with van der Waals surface area (Å²) >= 11 is 5.03. The zero-order valence-electron chi connectivity index (χ0n) is 8.13. The van der Waals surface area contributed by atoms with Gasteiger partial charge in [0.05, 0.1) is 6.61 Å². The molecule has 0 aliphatic carbocycles. The normalized spacial score (nSPS) is 10.8. The highest BCUT2D eigenvalue weighted by atomic mass is 32.1. The van der Waals surface area contributed by atoms with Crippen LogP contribution in [0.4, 0.5) is 0 Å². The van der Waals surface area contributed by atoms with Gasteiger partial charge in [-0.1, -0.05) is 26.1 Å². The predicted octanol–water partition coefficient (Wildman–Crippen LogP) is 2.41. The fourth-order valence-corrected chi connectivity index (χ4v) is 1.28. The first-order chi connectivity index (χ1) is 6.13. The quantitative estimate of drug-likeness (QED) is 0.758. The van der Waals surface area contributed by atoms with Crippen molar-refractivity contribution < 1.29 is 4.74 Å². The molecule has 0 bridgehead atoms. The van der Waals surface area contributed by atoms with E-state index >= 15 is 0 Å². The zero-order chi connectivity index (χ0) is 9.84. The first-order valence-corrected chi connectivity index (χ1v) is 4.63. The Bertz CT molecular complexity index is 333. The monoisotopic (exact) mass is 198 g/mol. The van der Waals surface area contributed by atoms with Gasteiger partial charge < -0.3 is 9.72 Å². The van der Waals surface area contributed by atoms with E-state index in [-0.39, 0.29) is 0 Å². The van der Waals surface area contributed by atoms with Gasteiger partial charge in [0.1, 0.15) is 10.5 Å². The van der Waals surface area contributed by atoms with Crippen molar-refractivity contribution in [3.8, 4) is 0 Å². The van der Waals surface area contributed by atoms with Crippen molar-refractivity contribution in [1.82, 2.24) is 9.97 Å². The van der Waals surface area contributed by atoms with Crippen LogP contribution >= 0.6 is 12.2 Å². The number of aromatic nitrogens is 2. The Hall–Kier alpha value is -0.740. The molecule has 1 heterocycles. The molecule has 0 spiro atoms. The molecule has 0 aliphatic heterocycles. The van der Waals surface area contributed by atoms with E-state index in [1.165, 1.54) is 0 Å². The van der Waals surface area contributed by atoms with Crippen LogP contribution in [-0.2, 0) is 11.3 Å². The van der Waals surface area contributed by atoms with E-state index in [4.69, 9.17) is 17.0 Å². The number of rotatable bonds is 3. The summed E-state index contributed by atoms with van der Waals surface area (Å²) in [6.45, 7) is 4.69. The number of aromatic amines is 1.